The first-order valence-electron chi connectivity index (χ1n) is 10.9. The summed E-state index contributed by atoms with van der Waals surface area (Å²) < 4.78 is 14.1. The number of carbonyl (C=O) groups is 3. The summed E-state index contributed by atoms with van der Waals surface area (Å²) in [7, 11) is 3.75. The summed E-state index contributed by atoms with van der Waals surface area (Å²) in [5.41, 5.74) is -0.900. The number of hydrogen-bond acceptors (Lipinski definition) is 4. The molecule has 4 rings (SSSR count). The molecule has 6 nitrogen and oxygen atoms in total. The predicted molar refractivity (Wildman–Crippen MR) is 110 cm³/mol. The van der Waals surface area contributed by atoms with Crippen LogP contribution in [0.25, 0.3) is 0 Å². The van der Waals surface area contributed by atoms with Crippen LogP contribution in [0, 0.1) is 11.7 Å². The van der Waals surface area contributed by atoms with Gasteiger partial charge in [0.2, 0.25) is 17.7 Å². The third-order valence-electron chi connectivity index (χ3n) is 6.98. The Labute approximate surface area is 177 Å². The first-order valence-corrected chi connectivity index (χ1v) is 10.9. The van der Waals surface area contributed by atoms with Crippen LogP contribution in [0.1, 0.15) is 44.1 Å². The molecule has 0 aromatic heterocycles. The molecule has 1 aromatic rings. The second kappa shape index (κ2) is 8.10. The summed E-state index contributed by atoms with van der Waals surface area (Å²) in [4.78, 5) is 44.8. The third kappa shape index (κ3) is 3.75. The van der Waals surface area contributed by atoms with Gasteiger partial charge in [-0.3, -0.25) is 19.3 Å². The van der Waals surface area contributed by atoms with E-state index in [0.717, 1.165) is 32.2 Å². The van der Waals surface area contributed by atoms with Crippen LogP contribution >= 0.6 is 0 Å². The monoisotopic (exact) mass is 415 g/mol. The van der Waals surface area contributed by atoms with Crippen molar-refractivity contribution in [3.8, 4) is 0 Å². The van der Waals surface area contributed by atoms with Crippen LogP contribution in [0.4, 0.5) is 4.39 Å². The molecule has 3 aliphatic rings. The van der Waals surface area contributed by atoms with E-state index in [-0.39, 0.29) is 43.1 Å². The molecule has 3 amide bonds. The van der Waals surface area contributed by atoms with Gasteiger partial charge in [-0.1, -0.05) is 18.6 Å². The van der Waals surface area contributed by atoms with Gasteiger partial charge in [-0.05, 0) is 57.0 Å². The number of likely N-dealkylation sites (N-methyl/N-ethyl adjacent to an activating group) is 1. The lowest BCUT2D eigenvalue weighted by Gasteiger charge is -2.31. The summed E-state index contributed by atoms with van der Waals surface area (Å²) in [5.74, 6) is -0.697. The summed E-state index contributed by atoms with van der Waals surface area (Å²) in [6.45, 7) is 1.54. The first kappa shape index (κ1) is 21.0. The number of nitrogens with zero attached hydrogens (tertiary/aromatic N) is 3. The fourth-order valence-electron chi connectivity index (χ4n) is 5.38. The molecule has 2 saturated heterocycles. The number of imide groups is 1. The van der Waals surface area contributed by atoms with Gasteiger partial charge in [-0.15, -0.1) is 0 Å². The van der Waals surface area contributed by atoms with Crippen molar-refractivity contribution in [2.75, 3.05) is 33.7 Å². The average molecular weight is 416 g/mol. The van der Waals surface area contributed by atoms with Crippen LogP contribution < -0.4 is 0 Å². The van der Waals surface area contributed by atoms with Crippen molar-refractivity contribution >= 4 is 17.7 Å². The maximum Gasteiger partial charge on any atom is 0.240 e. The maximum atomic E-state index is 14.1. The molecule has 0 spiro atoms. The molecule has 2 aliphatic heterocycles. The van der Waals surface area contributed by atoms with E-state index in [1.165, 1.54) is 17.0 Å². The molecule has 2 bridgehead atoms. The van der Waals surface area contributed by atoms with E-state index in [1.54, 1.807) is 12.1 Å². The number of rotatable bonds is 6. The zero-order valence-electron chi connectivity index (χ0n) is 17.8. The molecule has 1 aromatic carbocycles. The average Bonchev–Trinajstić information content (AvgIpc) is 3.13. The molecule has 162 valence electrons. The topological polar surface area (TPSA) is 60.9 Å². The van der Waals surface area contributed by atoms with E-state index in [1.807, 2.05) is 23.9 Å². The zero-order chi connectivity index (χ0) is 21.5. The first-order chi connectivity index (χ1) is 14.3. The van der Waals surface area contributed by atoms with Crippen molar-refractivity contribution in [1.82, 2.24) is 14.7 Å². The Hall–Kier alpha value is -2.28. The lowest BCUT2D eigenvalue weighted by molar-refractivity contribution is -0.143. The van der Waals surface area contributed by atoms with Gasteiger partial charge in [0.15, 0.2) is 0 Å². The zero-order valence-corrected chi connectivity index (χ0v) is 17.8. The van der Waals surface area contributed by atoms with E-state index in [0.29, 0.717) is 18.0 Å². The molecule has 0 unspecified atom stereocenters. The lowest BCUT2D eigenvalue weighted by Crippen LogP contribution is -2.45. The molecule has 7 heteroatoms. The number of likely N-dealkylation sites (tertiary alicyclic amines) is 2. The van der Waals surface area contributed by atoms with Crippen molar-refractivity contribution in [2.45, 2.75) is 50.0 Å². The van der Waals surface area contributed by atoms with Crippen molar-refractivity contribution < 1.29 is 18.8 Å². The highest BCUT2D eigenvalue weighted by Crippen LogP contribution is 2.42. The second-order valence-electron chi connectivity index (χ2n) is 9.33. The third-order valence-corrected chi connectivity index (χ3v) is 6.98. The van der Waals surface area contributed by atoms with Gasteiger partial charge in [0, 0.05) is 38.5 Å². The molecule has 1 saturated carbocycles. The number of hydrogen-bond donors (Lipinski definition) is 0. The number of carbonyl (C=O) groups excluding carboxylic acids is 3. The van der Waals surface area contributed by atoms with Crippen molar-refractivity contribution in [2.24, 2.45) is 5.92 Å². The molecule has 30 heavy (non-hydrogen) atoms. The Morgan fingerprint density at radius 3 is 2.77 bits per heavy atom. The van der Waals surface area contributed by atoms with Gasteiger partial charge < -0.3 is 9.80 Å². The smallest absolute Gasteiger partial charge is 0.240 e. The van der Waals surface area contributed by atoms with Crippen LogP contribution in [0.3, 0.4) is 0 Å². The van der Waals surface area contributed by atoms with Gasteiger partial charge in [-0.2, -0.15) is 0 Å². The highest BCUT2D eigenvalue weighted by atomic mass is 19.1. The fourth-order valence-corrected chi connectivity index (χ4v) is 5.38. The predicted octanol–water partition coefficient (Wildman–Crippen LogP) is 2.18. The Kier molecular flexibility index (Phi) is 5.66. The maximum absolute atomic E-state index is 14.1. The Bertz CT molecular complexity index is 858. The van der Waals surface area contributed by atoms with Gasteiger partial charge in [-0.25, -0.2) is 4.39 Å². The molecule has 2 heterocycles. The largest absolute Gasteiger partial charge is 0.339 e. The van der Waals surface area contributed by atoms with Crippen LogP contribution in [0.5, 0.6) is 0 Å². The Morgan fingerprint density at radius 1 is 1.27 bits per heavy atom. The highest BCUT2D eigenvalue weighted by Gasteiger charge is 2.54. The molecular weight excluding hydrogens is 385 g/mol. The summed E-state index contributed by atoms with van der Waals surface area (Å²) in [5, 5.41) is 0. The summed E-state index contributed by atoms with van der Waals surface area (Å²) >= 11 is 0. The van der Waals surface area contributed by atoms with Crippen LogP contribution in [-0.4, -0.2) is 72.2 Å². The number of halogens is 1. The molecular formula is C23H30FN3O3. The summed E-state index contributed by atoms with van der Waals surface area (Å²) in [6, 6.07) is 6.06. The minimum Gasteiger partial charge on any atom is -0.339 e. The van der Waals surface area contributed by atoms with E-state index in [2.05, 4.69) is 0 Å². The van der Waals surface area contributed by atoms with Gasteiger partial charge in [0.05, 0.1) is 5.41 Å². The normalized spacial score (nSPS) is 28.7. The van der Waals surface area contributed by atoms with E-state index >= 15 is 0 Å². The number of fused-ring (bicyclic) bond motifs is 2. The molecule has 0 N–H and O–H groups in total. The molecule has 0 radical (unpaired) electrons. The molecule has 1 aliphatic carbocycles. The van der Waals surface area contributed by atoms with Gasteiger partial charge in [0.25, 0.3) is 0 Å². The second-order valence-corrected chi connectivity index (χ2v) is 9.33. The van der Waals surface area contributed by atoms with E-state index in [4.69, 9.17) is 0 Å². The van der Waals surface area contributed by atoms with Crippen LogP contribution in [-0.2, 0) is 19.8 Å². The fraction of sp³-hybridized carbons (Fsp3) is 0.609. The van der Waals surface area contributed by atoms with Crippen molar-refractivity contribution in [1.29, 1.82) is 0 Å². The van der Waals surface area contributed by atoms with Crippen molar-refractivity contribution in [3.05, 3.63) is 35.6 Å². The molecule has 3 atom stereocenters. The van der Waals surface area contributed by atoms with Gasteiger partial charge in [0.1, 0.15) is 5.82 Å². The Morgan fingerprint density at radius 2 is 2.07 bits per heavy atom. The number of benzene rings is 1. The highest BCUT2D eigenvalue weighted by molar-refractivity contribution is 6.10. The van der Waals surface area contributed by atoms with Crippen LogP contribution in [0.15, 0.2) is 24.3 Å². The van der Waals surface area contributed by atoms with E-state index in [9.17, 15) is 18.8 Å². The molecule has 3 fully saturated rings. The van der Waals surface area contributed by atoms with E-state index < -0.39 is 11.2 Å². The lowest BCUT2D eigenvalue weighted by atomic mass is 9.75. The van der Waals surface area contributed by atoms with Crippen LogP contribution in [0.2, 0.25) is 0 Å². The minimum absolute atomic E-state index is 0.0806. The quantitative estimate of drug-likeness (QED) is 0.668. The standard InChI is InChI=1S/C23H30FN3O3/c1-25(2)9-10-26-20(28)13-23(22(26)30,17-6-4-7-18(24)12-17)14-21(29)27-15-16-5-3-8-19(27)11-16/h4,6-7,12,16,19H,3,5,8-11,13-15H2,1-2H3/t16-,19+,23-/m0/s1. The SMILES string of the molecule is CN(C)CCN1C(=O)C[C@](CC(=O)N2C[C@H]3CCC[C@@H]2C3)(c2cccc(F)c2)C1=O. The summed E-state index contributed by atoms with van der Waals surface area (Å²) in [6.07, 6.45) is 4.13. The Balaban J connectivity index is 1.64. The van der Waals surface area contributed by atoms with Crippen molar-refractivity contribution in [3.63, 3.8) is 0 Å². The minimum atomic E-state index is -1.32. The van der Waals surface area contributed by atoms with Gasteiger partial charge >= 0.3 is 0 Å². The number of amides is 3.